The third-order valence-corrected chi connectivity index (χ3v) is 5.38. The lowest BCUT2D eigenvalue weighted by atomic mass is 10.2. The highest BCUT2D eigenvalue weighted by atomic mass is 35.5. The summed E-state index contributed by atoms with van der Waals surface area (Å²) in [6, 6.07) is 12.3. The van der Waals surface area contributed by atoms with E-state index in [0.29, 0.717) is 16.5 Å². The van der Waals surface area contributed by atoms with E-state index in [1.807, 2.05) is 0 Å². The van der Waals surface area contributed by atoms with Gasteiger partial charge in [0, 0.05) is 37.3 Å². The summed E-state index contributed by atoms with van der Waals surface area (Å²) in [4.78, 5) is 4.18. The Morgan fingerprint density at radius 1 is 1.14 bits per heavy atom. The molecule has 29 heavy (non-hydrogen) atoms. The Labute approximate surface area is 173 Å². The highest BCUT2D eigenvalue weighted by molar-refractivity contribution is 7.89. The lowest BCUT2D eigenvalue weighted by molar-refractivity contribution is -0.0504. The van der Waals surface area contributed by atoms with E-state index in [4.69, 9.17) is 11.6 Å². The zero-order valence-corrected chi connectivity index (χ0v) is 17.1. The summed E-state index contributed by atoms with van der Waals surface area (Å²) in [5.74, 6) is 0.356. The van der Waals surface area contributed by atoms with Gasteiger partial charge >= 0.3 is 6.61 Å². The van der Waals surface area contributed by atoms with Gasteiger partial charge in [-0.15, -0.1) is 0 Å². The minimum atomic E-state index is -3.59. The van der Waals surface area contributed by atoms with Crippen molar-refractivity contribution in [2.45, 2.75) is 18.1 Å². The molecule has 2 rings (SSSR count). The number of rotatable bonds is 9. The van der Waals surface area contributed by atoms with Crippen LogP contribution < -0.4 is 20.1 Å². The SMILES string of the molecule is CN=C(NCCNS(=O)(=O)c1ccccc1)NCc1cc(Cl)ccc1OC(F)F. The van der Waals surface area contributed by atoms with Crippen LogP contribution in [0.2, 0.25) is 5.02 Å². The molecular formula is C18H21ClF2N4O3S. The van der Waals surface area contributed by atoms with E-state index in [2.05, 4.69) is 25.1 Å². The lowest BCUT2D eigenvalue weighted by Crippen LogP contribution is -2.41. The molecule has 0 bridgehead atoms. The number of alkyl halides is 2. The normalized spacial score (nSPS) is 12.1. The number of ether oxygens (including phenoxy) is 1. The van der Waals surface area contributed by atoms with Crippen LogP contribution in [0.1, 0.15) is 5.56 Å². The Kier molecular flexibility index (Phi) is 8.62. The molecule has 158 valence electrons. The fourth-order valence-corrected chi connectivity index (χ4v) is 3.59. The monoisotopic (exact) mass is 446 g/mol. The Hall–Kier alpha value is -2.43. The highest BCUT2D eigenvalue weighted by Gasteiger charge is 2.13. The third kappa shape index (κ3) is 7.48. The molecule has 2 aromatic rings. The first kappa shape index (κ1) is 22.9. The molecule has 0 saturated carbocycles. The van der Waals surface area contributed by atoms with E-state index in [0.717, 1.165) is 0 Å². The molecule has 0 spiro atoms. The number of nitrogens with one attached hydrogen (secondary N) is 3. The van der Waals surface area contributed by atoms with E-state index < -0.39 is 16.6 Å². The van der Waals surface area contributed by atoms with Gasteiger partial charge in [-0.05, 0) is 30.3 Å². The van der Waals surface area contributed by atoms with Gasteiger partial charge in [-0.3, -0.25) is 4.99 Å². The first-order valence-electron chi connectivity index (χ1n) is 8.54. The summed E-state index contributed by atoms with van der Waals surface area (Å²) in [5.41, 5.74) is 0.422. The van der Waals surface area contributed by atoms with E-state index in [1.54, 1.807) is 18.2 Å². The van der Waals surface area contributed by atoms with Crippen molar-refractivity contribution in [3.8, 4) is 5.75 Å². The molecule has 0 fully saturated rings. The van der Waals surface area contributed by atoms with Crippen molar-refractivity contribution in [2.24, 2.45) is 4.99 Å². The van der Waals surface area contributed by atoms with E-state index in [9.17, 15) is 17.2 Å². The van der Waals surface area contributed by atoms with Crippen molar-refractivity contribution in [1.82, 2.24) is 15.4 Å². The largest absolute Gasteiger partial charge is 0.434 e. The molecule has 0 aliphatic carbocycles. The number of sulfonamides is 1. The minimum Gasteiger partial charge on any atom is -0.434 e. The molecule has 7 nitrogen and oxygen atoms in total. The van der Waals surface area contributed by atoms with Crippen LogP contribution in [0.3, 0.4) is 0 Å². The molecule has 0 aliphatic heterocycles. The molecule has 0 amide bonds. The number of hydrogen-bond acceptors (Lipinski definition) is 4. The van der Waals surface area contributed by atoms with Gasteiger partial charge in [-0.2, -0.15) is 8.78 Å². The number of halogens is 3. The quantitative estimate of drug-likeness (QED) is 0.313. The van der Waals surface area contributed by atoms with Crippen molar-refractivity contribution in [3.05, 3.63) is 59.1 Å². The summed E-state index contributed by atoms with van der Waals surface area (Å²) in [6.07, 6.45) is 0. The summed E-state index contributed by atoms with van der Waals surface area (Å²) in [6.45, 7) is -2.46. The highest BCUT2D eigenvalue weighted by Crippen LogP contribution is 2.24. The maximum atomic E-state index is 12.5. The van der Waals surface area contributed by atoms with Crippen molar-refractivity contribution in [1.29, 1.82) is 0 Å². The molecule has 0 atom stereocenters. The number of benzene rings is 2. The van der Waals surface area contributed by atoms with Crippen LogP contribution in [0.15, 0.2) is 58.4 Å². The van der Waals surface area contributed by atoms with Gasteiger partial charge in [0.05, 0.1) is 4.90 Å². The molecule has 11 heteroatoms. The van der Waals surface area contributed by atoms with Crippen LogP contribution >= 0.6 is 11.6 Å². The van der Waals surface area contributed by atoms with Gasteiger partial charge in [-0.25, -0.2) is 13.1 Å². The first-order chi connectivity index (χ1) is 13.8. The van der Waals surface area contributed by atoms with Gasteiger partial charge in [-0.1, -0.05) is 29.8 Å². The second-order valence-electron chi connectivity index (χ2n) is 5.69. The molecular weight excluding hydrogens is 426 g/mol. The van der Waals surface area contributed by atoms with E-state index >= 15 is 0 Å². The lowest BCUT2D eigenvalue weighted by Gasteiger charge is -2.15. The maximum absolute atomic E-state index is 12.5. The first-order valence-corrected chi connectivity index (χ1v) is 10.4. The molecule has 0 radical (unpaired) electrons. The molecule has 0 heterocycles. The van der Waals surface area contributed by atoms with Crippen molar-refractivity contribution in [3.63, 3.8) is 0 Å². The van der Waals surface area contributed by atoms with Crippen LogP contribution in [0, 0.1) is 0 Å². The van der Waals surface area contributed by atoms with Crippen molar-refractivity contribution < 1.29 is 21.9 Å². The maximum Gasteiger partial charge on any atom is 0.387 e. The molecule has 3 N–H and O–H groups in total. The molecule has 0 aliphatic rings. The summed E-state index contributed by atoms with van der Waals surface area (Å²) in [5, 5.41) is 6.24. The van der Waals surface area contributed by atoms with Crippen LogP contribution in [0.5, 0.6) is 5.75 Å². The fourth-order valence-electron chi connectivity index (χ4n) is 2.35. The van der Waals surface area contributed by atoms with Crippen molar-refractivity contribution >= 4 is 27.6 Å². The molecule has 2 aromatic carbocycles. The number of guanidine groups is 1. The topological polar surface area (TPSA) is 91.8 Å². The van der Waals surface area contributed by atoms with Crippen LogP contribution in [-0.4, -0.2) is 41.1 Å². The predicted octanol–water partition coefficient (Wildman–Crippen LogP) is 2.58. The fraction of sp³-hybridized carbons (Fsp3) is 0.278. The van der Waals surface area contributed by atoms with Gasteiger partial charge in [0.25, 0.3) is 0 Å². The predicted molar refractivity (Wildman–Crippen MR) is 108 cm³/mol. The Morgan fingerprint density at radius 3 is 2.52 bits per heavy atom. The van der Waals surface area contributed by atoms with Crippen molar-refractivity contribution in [2.75, 3.05) is 20.1 Å². The third-order valence-electron chi connectivity index (χ3n) is 3.67. The zero-order valence-electron chi connectivity index (χ0n) is 15.5. The van der Waals surface area contributed by atoms with Crippen LogP contribution in [-0.2, 0) is 16.6 Å². The molecule has 0 saturated heterocycles. The number of hydrogen-bond donors (Lipinski definition) is 3. The van der Waals surface area contributed by atoms with Gasteiger partial charge in [0.1, 0.15) is 5.75 Å². The standard InChI is InChI=1S/C18H21ClF2N4O3S/c1-22-18(23-9-10-25-29(26,27)15-5-3-2-4-6-15)24-12-13-11-14(19)7-8-16(13)28-17(20)21/h2-8,11,17,25H,9-10,12H2,1H3,(H2,22,23,24). The van der Waals surface area contributed by atoms with Gasteiger partial charge in [0.15, 0.2) is 5.96 Å². The average Bonchev–Trinajstić information content (AvgIpc) is 2.69. The van der Waals surface area contributed by atoms with Gasteiger partial charge < -0.3 is 15.4 Å². The zero-order chi connectivity index (χ0) is 21.3. The summed E-state index contributed by atoms with van der Waals surface area (Å²) < 4.78 is 56.3. The van der Waals surface area contributed by atoms with Crippen LogP contribution in [0.4, 0.5) is 8.78 Å². The Morgan fingerprint density at radius 2 is 1.86 bits per heavy atom. The second-order valence-corrected chi connectivity index (χ2v) is 7.90. The number of nitrogens with zero attached hydrogens (tertiary/aromatic N) is 1. The van der Waals surface area contributed by atoms with E-state index in [-0.39, 0.29) is 30.3 Å². The Balaban J connectivity index is 1.85. The van der Waals surface area contributed by atoms with Crippen LogP contribution in [0.25, 0.3) is 0 Å². The Bertz CT molecular complexity index is 928. The summed E-state index contributed by atoms with van der Waals surface area (Å²) >= 11 is 5.92. The minimum absolute atomic E-state index is 0.00275. The smallest absolute Gasteiger partial charge is 0.387 e. The molecule has 0 aromatic heterocycles. The van der Waals surface area contributed by atoms with E-state index in [1.165, 1.54) is 37.4 Å². The number of aliphatic imine (C=N–C) groups is 1. The molecule has 0 unspecified atom stereocenters. The van der Waals surface area contributed by atoms with Gasteiger partial charge in [0.2, 0.25) is 10.0 Å². The summed E-state index contributed by atoms with van der Waals surface area (Å²) in [7, 11) is -2.07. The second kappa shape index (κ2) is 10.9. The average molecular weight is 447 g/mol.